The number of nitrogens with one attached hydrogen (secondary N) is 1. The van der Waals surface area contributed by atoms with Gasteiger partial charge in [-0.3, -0.25) is 5.41 Å². The van der Waals surface area contributed by atoms with Crippen LogP contribution in [0.4, 0.5) is 0 Å². The lowest BCUT2D eigenvalue weighted by atomic mass is 10.1. The molecule has 1 saturated carbocycles. The van der Waals surface area contributed by atoms with Crippen LogP contribution in [0.2, 0.25) is 0 Å². The highest BCUT2D eigenvalue weighted by Crippen LogP contribution is 2.28. The highest BCUT2D eigenvalue weighted by Gasteiger charge is 2.34. The average molecular weight is 196 g/mol. The molecule has 2 fully saturated rings. The molecule has 0 bridgehead atoms. The Labute approximate surface area is 85.9 Å². The van der Waals surface area contributed by atoms with Gasteiger partial charge in [0.1, 0.15) is 0 Å². The molecular formula is C11H20N2O. The Kier molecular flexibility index (Phi) is 3.06. The molecule has 1 aliphatic carbocycles. The molecule has 2 aliphatic rings. The van der Waals surface area contributed by atoms with Gasteiger partial charge in [-0.1, -0.05) is 0 Å². The van der Waals surface area contributed by atoms with Gasteiger partial charge in [-0.05, 0) is 32.1 Å². The molecular weight excluding hydrogens is 176 g/mol. The molecule has 1 heterocycles. The molecule has 1 N–H and O–H groups in total. The summed E-state index contributed by atoms with van der Waals surface area (Å²) >= 11 is 0. The van der Waals surface area contributed by atoms with Crippen LogP contribution in [0.25, 0.3) is 0 Å². The van der Waals surface area contributed by atoms with Crippen LogP contribution in [0.5, 0.6) is 0 Å². The second-order valence-electron chi connectivity index (χ2n) is 4.37. The summed E-state index contributed by atoms with van der Waals surface area (Å²) in [7, 11) is 1.80. The molecule has 0 aromatic rings. The van der Waals surface area contributed by atoms with E-state index in [2.05, 4.69) is 4.90 Å². The summed E-state index contributed by atoms with van der Waals surface area (Å²) in [6.45, 7) is 1.07. The number of rotatable bonds is 2. The maximum absolute atomic E-state index is 7.95. The molecule has 1 saturated heterocycles. The fourth-order valence-corrected chi connectivity index (χ4v) is 2.76. The molecule has 0 aromatic carbocycles. The molecule has 14 heavy (non-hydrogen) atoms. The number of nitrogens with zero attached hydrogens (tertiary/aromatic N) is 1. The molecule has 2 unspecified atom stereocenters. The van der Waals surface area contributed by atoms with Crippen molar-refractivity contribution in [1.29, 1.82) is 5.41 Å². The number of hydrogen-bond acceptors (Lipinski definition) is 2. The largest absolute Gasteiger partial charge is 0.379 e. The van der Waals surface area contributed by atoms with Crippen LogP contribution in [-0.4, -0.2) is 36.5 Å². The van der Waals surface area contributed by atoms with Crippen molar-refractivity contribution in [2.24, 2.45) is 0 Å². The molecule has 2 rings (SSSR count). The minimum atomic E-state index is 0.369. The molecule has 2 atom stereocenters. The third-order valence-corrected chi connectivity index (χ3v) is 3.53. The van der Waals surface area contributed by atoms with Crippen LogP contribution >= 0.6 is 0 Å². The number of ether oxygens (including phenoxy) is 1. The Balaban J connectivity index is 2.01. The van der Waals surface area contributed by atoms with Crippen molar-refractivity contribution in [3.63, 3.8) is 0 Å². The van der Waals surface area contributed by atoms with E-state index in [1.165, 1.54) is 32.1 Å². The molecule has 80 valence electrons. The van der Waals surface area contributed by atoms with Gasteiger partial charge in [0.25, 0.3) is 0 Å². The van der Waals surface area contributed by atoms with Gasteiger partial charge in [0, 0.05) is 20.1 Å². The lowest BCUT2D eigenvalue weighted by molar-refractivity contribution is 0.0539. The van der Waals surface area contributed by atoms with Crippen molar-refractivity contribution >= 4 is 5.84 Å². The van der Waals surface area contributed by atoms with E-state index in [1.54, 1.807) is 7.11 Å². The van der Waals surface area contributed by atoms with Crippen molar-refractivity contribution in [1.82, 2.24) is 4.90 Å². The van der Waals surface area contributed by atoms with Crippen LogP contribution in [0.1, 0.15) is 38.5 Å². The van der Waals surface area contributed by atoms with E-state index < -0.39 is 0 Å². The Morgan fingerprint density at radius 2 is 2.14 bits per heavy atom. The molecule has 3 nitrogen and oxygen atoms in total. The monoisotopic (exact) mass is 196 g/mol. The zero-order valence-corrected chi connectivity index (χ0v) is 8.96. The first-order valence-electron chi connectivity index (χ1n) is 5.70. The first-order valence-corrected chi connectivity index (χ1v) is 5.70. The van der Waals surface area contributed by atoms with Gasteiger partial charge in [-0.2, -0.15) is 0 Å². The van der Waals surface area contributed by atoms with E-state index in [4.69, 9.17) is 10.1 Å². The van der Waals surface area contributed by atoms with Crippen molar-refractivity contribution in [2.45, 2.75) is 50.7 Å². The first kappa shape index (κ1) is 9.97. The molecule has 0 spiro atoms. The summed E-state index contributed by atoms with van der Waals surface area (Å²) < 4.78 is 5.49. The van der Waals surface area contributed by atoms with Crippen molar-refractivity contribution in [3.8, 4) is 0 Å². The smallest absolute Gasteiger partial charge is 0.0961 e. The SMILES string of the molecule is COC1CCCC1N1CCCCC1=N. The van der Waals surface area contributed by atoms with Gasteiger partial charge in [-0.25, -0.2) is 0 Å². The third kappa shape index (κ3) is 1.78. The van der Waals surface area contributed by atoms with E-state index in [9.17, 15) is 0 Å². The fourth-order valence-electron chi connectivity index (χ4n) is 2.76. The lowest BCUT2D eigenvalue weighted by Crippen LogP contribution is -2.46. The quantitative estimate of drug-likeness (QED) is 0.733. The molecule has 1 aliphatic heterocycles. The number of hydrogen-bond donors (Lipinski definition) is 1. The number of piperidine rings is 1. The Hall–Kier alpha value is -0.570. The Morgan fingerprint density at radius 3 is 2.86 bits per heavy atom. The fraction of sp³-hybridized carbons (Fsp3) is 0.909. The van der Waals surface area contributed by atoms with Crippen LogP contribution < -0.4 is 0 Å². The van der Waals surface area contributed by atoms with Crippen molar-refractivity contribution < 1.29 is 4.74 Å². The number of amidine groups is 1. The topological polar surface area (TPSA) is 36.3 Å². The maximum atomic E-state index is 7.95. The highest BCUT2D eigenvalue weighted by molar-refractivity contribution is 5.80. The van der Waals surface area contributed by atoms with E-state index in [1.807, 2.05) is 0 Å². The molecule has 3 heteroatoms. The summed E-state index contributed by atoms with van der Waals surface area (Å²) in [4.78, 5) is 2.28. The summed E-state index contributed by atoms with van der Waals surface area (Å²) in [5.74, 6) is 0.838. The van der Waals surface area contributed by atoms with E-state index >= 15 is 0 Å². The minimum Gasteiger partial charge on any atom is -0.379 e. The second kappa shape index (κ2) is 4.30. The van der Waals surface area contributed by atoms with Gasteiger partial charge in [-0.15, -0.1) is 0 Å². The third-order valence-electron chi connectivity index (χ3n) is 3.53. The predicted octanol–water partition coefficient (Wildman–Crippen LogP) is 2.02. The van der Waals surface area contributed by atoms with Gasteiger partial charge in [0.15, 0.2) is 0 Å². The van der Waals surface area contributed by atoms with Crippen LogP contribution in [0, 0.1) is 5.41 Å². The Bertz CT molecular complexity index is 217. The summed E-state index contributed by atoms with van der Waals surface area (Å²) in [5, 5.41) is 7.95. The standard InChI is InChI=1S/C11H20N2O/c1-14-10-6-4-5-9(10)13-8-3-2-7-11(13)12/h9-10,12H,2-8H2,1H3. The summed E-state index contributed by atoms with van der Waals surface area (Å²) in [6.07, 6.45) is 7.41. The van der Waals surface area contributed by atoms with Crippen LogP contribution in [0.15, 0.2) is 0 Å². The first-order chi connectivity index (χ1) is 6.83. The lowest BCUT2D eigenvalue weighted by Gasteiger charge is -2.37. The van der Waals surface area contributed by atoms with Gasteiger partial charge in [0.05, 0.1) is 18.0 Å². The summed E-state index contributed by atoms with van der Waals surface area (Å²) in [6, 6.07) is 0.493. The predicted molar refractivity (Wildman–Crippen MR) is 56.7 cm³/mol. The van der Waals surface area contributed by atoms with E-state index in [0.29, 0.717) is 12.1 Å². The number of likely N-dealkylation sites (tertiary alicyclic amines) is 1. The Morgan fingerprint density at radius 1 is 1.29 bits per heavy atom. The normalized spacial score (nSPS) is 33.8. The zero-order valence-electron chi connectivity index (χ0n) is 8.96. The van der Waals surface area contributed by atoms with Gasteiger partial charge < -0.3 is 9.64 Å². The van der Waals surface area contributed by atoms with Crippen LogP contribution in [0.3, 0.4) is 0 Å². The second-order valence-corrected chi connectivity index (χ2v) is 4.37. The van der Waals surface area contributed by atoms with E-state index in [-0.39, 0.29) is 0 Å². The van der Waals surface area contributed by atoms with Crippen molar-refractivity contribution in [2.75, 3.05) is 13.7 Å². The highest BCUT2D eigenvalue weighted by atomic mass is 16.5. The molecule has 0 aromatic heterocycles. The average Bonchev–Trinajstić information content (AvgIpc) is 2.66. The molecule has 0 radical (unpaired) electrons. The van der Waals surface area contributed by atoms with Crippen LogP contribution in [-0.2, 0) is 4.74 Å². The summed E-state index contributed by atoms with van der Waals surface area (Å²) in [5.41, 5.74) is 0. The van der Waals surface area contributed by atoms with Gasteiger partial charge >= 0.3 is 0 Å². The van der Waals surface area contributed by atoms with E-state index in [0.717, 1.165) is 18.8 Å². The zero-order chi connectivity index (χ0) is 9.97. The maximum Gasteiger partial charge on any atom is 0.0961 e. The van der Waals surface area contributed by atoms with Crippen molar-refractivity contribution in [3.05, 3.63) is 0 Å². The molecule has 0 amide bonds. The minimum absolute atomic E-state index is 0.369. The number of methoxy groups -OCH3 is 1. The van der Waals surface area contributed by atoms with Gasteiger partial charge in [0.2, 0.25) is 0 Å².